The minimum Gasteiger partial charge on any atom is -0.350 e. The van der Waals surface area contributed by atoms with Gasteiger partial charge in [0.25, 0.3) is 0 Å². The number of benzene rings is 1. The summed E-state index contributed by atoms with van der Waals surface area (Å²) in [6, 6.07) is 5.84. The molecule has 0 aromatic heterocycles. The molecule has 2 aliphatic rings. The van der Waals surface area contributed by atoms with E-state index in [0.717, 1.165) is 31.2 Å². The molecule has 0 spiro atoms. The lowest BCUT2D eigenvalue weighted by molar-refractivity contribution is -0.144. The fourth-order valence-corrected chi connectivity index (χ4v) is 4.74. The van der Waals surface area contributed by atoms with Gasteiger partial charge in [-0.25, -0.2) is 0 Å². The van der Waals surface area contributed by atoms with E-state index in [4.69, 9.17) is 0 Å². The predicted octanol–water partition coefficient (Wildman–Crippen LogP) is 2.31. The Bertz CT molecular complexity index is 973. The Morgan fingerprint density at radius 3 is 2.50 bits per heavy atom. The van der Waals surface area contributed by atoms with E-state index < -0.39 is 23.5 Å². The molecule has 2 aliphatic heterocycles. The van der Waals surface area contributed by atoms with Crippen LogP contribution in [-0.4, -0.2) is 59.7 Å². The highest BCUT2D eigenvalue weighted by atomic mass is 16.2. The van der Waals surface area contributed by atoms with Crippen molar-refractivity contribution in [3.05, 3.63) is 29.8 Å². The quantitative estimate of drug-likeness (QED) is 0.459. The van der Waals surface area contributed by atoms with Crippen LogP contribution < -0.4 is 21.3 Å². The molecule has 9 nitrogen and oxygen atoms in total. The molecule has 4 unspecified atom stereocenters. The number of fused-ring (bicyclic) bond motifs is 1. The first-order valence-corrected chi connectivity index (χ1v) is 13.0. The summed E-state index contributed by atoms with van der Waals surface area (Å²) in [7, 11) is 1.70. The standard InChI is InChI=1S/C27H41N5O4/c1-17(28-5)23(33)31-21-12-7-6-11-20-13-14-22(32(20)25(21)35)24(34)29-16-18-9-8-10-19(15-18)30-26(36)27(2,3)4/h8-10,15,17,20-22,28H,6-7,11-14,16H2,1-5H3,(H,29,34)(H,30,36)(H,31,33). The lowest BCUT2D eigenvalue weighted by Gasteiger charge is -2.35. The van der Waals surface area contributed by atoms with Crippen LogP contribution in [0.1, 0.15) is 71.8 Å². The number of rotatable bonds is 7. The third kappa shape index (κ3) is 6.84. The molecule has 3 rings (SSSR count). The maximum Gasteiger partial charge on any atom is 0.246 e. The van der Waals surface area contributed by atoms with Crippen molar-refractivity contribution >= 4 is 29.3 Å². The molecular formula is C27H41N5O4. The summed E-state index contributed by atoms with van der Waals surface area (Å²) in [6.45, 7) is 7.60. The lowest BCUT2D eigenvalue weighted by atomic mass is 9.95. The van der Waals surface area contributed by atoms with Gasteiger partial charge in [0, 0.05) is 23.7 Å². The number of nitrogens with one attached hydrogen (secondary N) is 4. The minimum absolute atomic E-state index is 0.0191. The Kier molecular flexibility index (Phi) is 9.11. The molecule has 0 saturated carbocycles. The van der Waals surface area contributed by atoms with Crippen molar-refractivity contribution < 1.29 is 19.2 Å². The molecule has 1 aromatic rings. The van der Waals surface area contributed by atoms with Gasteiger partial charge in [0.2, 0.25) is 23.6 Å². The summed E-state index contributed by atoms with van der Waals surface area (Å²) in [4.78, 5) is 53.2. The SMILES string of the molecule is CNC(C)C(=O)NC1CCCCC2CCC(C(=O)NCc3cccc(NC(=O)C(C)(C)C)c3)N2C1=O. The maximum absolute atomic E-state index is 13.5. The second-order valence-electron chi connectivity index (χ2n) is 11.0. The monoisotopic (exact) mass is 499 g/mol. The van der Waals surface area contributed by atoms with Gasteiger partial charge in [-0.3, -0.25) is 19.2 Å². The van der Waals surface area contributed by atoms with Gasteiger partial charge in [0.05, 0.1) is 6.04 Å². The summed E-state index contributed by atoms with van der Waals surface area (Å²) in [5.41, 5.74) is 1.02. The molecule has 2 saturated heterocycles. The van der Waals surface area contributed by atoms with Crippen molar-refractivity contribution in [1.29, 1.82) is 0 Å². The first kappa shape index (κ1) is 27.6. The number of hydrogen-bond donors (Lipinski definition) is 4. The Morgan fingerprint density at radius 2 is 1.81 bits per heavy atom. The van der Waals surface area contributed by atoms with E-state index in [2.05, 4.69) is 21.3 Å². The van der Waals surface area contributed by atoms with Gasteiger partial charge in [-0.05, 0) is 57.4 Å². The first-order valence-electron chi connectivity index (χ1n) is 13.0. The number of amides is 4. The van der Waals surface area contributed by atoms with Crippen LogP contribution in [0.25, 0.3) is 0 Å². The third-order valence-corrected chi connectivity index (χ3v) is 7.11. The molecule has 198 valence electrons. The van der Waals surface area contributed by atoms with Crippen molar-refractivity contribution in [2.75, 3.05) is 12.4 Å². The highest BCUT2D eigenvalue weighted by Crippen LogP contribution is 2.31. The van der Waals surface area contributed by atoms with E-state index in [1.54, 1.807) is 18.9 Å². The zero-order valence-corrected chi connectivity index (χ0v) is 22.1. The van der Waals surface area contributed by atoms with Crippen molar-refractivity contribution in [1.82, 2.24) is 20.9 Å². The molecule has 9 heteroatoms. The highest BCUT2D eigenvalue weighted by Gasteiger charge is 2.43. The molecular weight excluding hydrogens is 458 g/mol. The average molecular weight is 500 g/mol. The second-order valence-corrected chi connectivity index (χ2v) is 11.0. The fraction of sp³-hybridized carbons (Fsp3) is 0.630. The second kappa shape index (κ2) is 11.9. The van der Waals surface area contributed by atoms with Crippen molar-refractivity contribution in [2.24, 2.45) is 5.41 Å². The number of anilines is 1. The minimum atomic E-state index is -0.618. The van der Waals surface area contributed by atoms with E-state index in [0.29, 0.717) is 25.1 Å². The van der Waals surface area contributed by atoms with E-state index in [1.807, 2.05) is 45.0 Å². The largest absolute Gasteiger partial charge is 0.350 e. The molecule has 1 aromatic carbocycles. The predicted molar refractivity (Wildman–Crippen MR) is 139 cm³/mol. The summed E-state index contributed by atoms with van der Waals surface area (Å²) in [5.74, 6) is -0.654. The summed E-state index contributed by atoms with van der Waals surface area (Å²) >= 11 is 0. The molecule has 36 heavy (non-hydrogen) atoms. The summed E-state index contributed by atoms with van der Waals surface area (Å²) < 4.78 is 0. The fourth-order valence-electron chi connectivity index (χ4n) is 4.74. The zero-order valence-electron chi connectivity index (χ0n) is 22.1. The van der Waals surface area contributed by atoms with E-state index in [-0.39, 0.29) is 29.7 Å². The Morgan fingerprint density at radius 1 is 1.08 bits per heavy atom. The molecule has 0 radical (unpaired) electrons. The topological polar surface area (TPSA) is 120 Å². The van der Waals surface area contributed by atoms with Crippen LogP contribution >= 0.6 is 0 Å². The molecule has 0 bridgehead atoms. The Balaban J connectivity index is 1.66. The molecule has 2 fully saturated rings. The van der Waals surface area contributed by atoms with E-state index in [9.17, 15) is 19.2 Å². The van der Waals surface area contributed by atoms with Gasteiger partial charge in [0.15, 0.2) is 0 Å². The van der Waals surface area contributed by atoms with Crippen molar-refractivity contribution in [2.45, 2.75) is 96.9 Å². The van der Waals surface area contributed by atoms with Gasteiger partial charge in [-0.1, -0.05) is 45.7 Å². The normalized spacial score (nSPS) is 23.2. The van der Waals surface area contributed by atoms with Gasteiger partial charge in [-0.2, -0.15) is 0 Å². The first-order chi connectivity index (χ1) is 17.0. The average Bonchev–Trinajstić information content (AvgIpc) is 3.25. The number of likely N-dealkylation sites (N-methyl/N-ethyl adjacent to an activating group) is 1. The highest BCUT2D eigenvalue weighted by molar-refractivity contribution is 5.95. The Labute approximate surface area is 214 Å². The smallest absolute Gasteiger partial charge is 0.246 e. The molecule has 0 aliphatic carbocycles. The number of carbonyl (C=O) groups is 4. The molecule has 4 amide bonds. The summed E-state index contributed by atoms with van der Waals surface area (Å²) in [5, 5.41) is 11.7. The van der Waals surface area contributed by atoms with Crippen LogP contribution in [-0.2, 0) is 25.7 Å². The van der Waals surface area contributed by atoms with E-state index >= 15 is 0 Å². The molecule has 4 N–H and O–H groups in total. The number of hydrogen-bond acceptors (Lipinski definition) is 5. The van der Waals surface area contributed by atoms with Gasteiger partial charge in [-0.15, -0.1) is 0 Å². The van der Waals surface area contributed by atoms with E-state index in [1.165, 1.54) is 0 Å². The molecule has 2 heterocycles. The van der Waals surface area contributed by atoms with Crippen LogP contribution in [0.4, 0.5) is 5.69 Å². The maximum atomic E-state index is 13.5. The van der Waals surface area contributed by atoms with Gasteiger partial charge >= 0.3 is 0 Å². The van der Waals surface area contributed by atoms with Crippen LogP contribution in [0.2, 0.25) is 0 Å². The molecule has 4 atom stereocenters. The van der Waals surface area contributed by atoms with Crippen LogP contribution in [0, 0.1) is 5.41 Å². The van der Waals surface area contributed by atoms with Crippen LogP contribution in [0.15, 0.2) is 24.3 Å². The number of nitrogens with zero attached hydrogens (tertiary/aromatic N) is 1. The third-order valence-electron chi connectivity index (χ3n) is 7.11. The lowest BCUT2D eigenvalue weighted by Crippen LogP contribution is -2.57. The van der Waals surface area contributed by atoms with Crippen LogP contribution in [0.3, 0.4) is 0 Å². The van der Waals surface area contributed by atoms with Crippen molar-refractivity contribution in [3.63, 3.8) is 0 Å². The van der Waals surface area contributed by atoms with Crippen LogP contribution in [0.5, 0.6) is 0 Å². The van der Waals surface area contributed by atoms with Gasteiger partial charge in [0.1, 0.15) is 12.1 Å². The summed E-state index contributed by atoms with van der Waals surface area (Å²) in [6.07, 6.45) is 4.67. The Hall–Kier alpha value is -2.94. The zero-order chi connectivity index (χ0) is 26.5. The van der Waals surface area contributed by atoms with Gasteiger partial charge < -0.3 is 26.2 Å². The van der Waals surface area contributed by atoms with Crippen molar-refractivity contribution in [3.8, 4) is 0 Å². The number of carbonyl (C=O) groups excluding carboxylic acids is 4.